The number of halogens is 2. The lowest BCUT2D eigenvalue weighted by Crippen LogP contribution is -2.38. The van der Waals surface area contributed by atoms with Crippen molar-refractivity contribution in [3.8, 4) is 11.5 Å². The van der Waals surface area contributed by atoms with Crippen LogP contribution in [-0.4, -0.2) is 39.1 Å². The van der Waals surface area contributed by atoms with Gasteiger partial charge in [0, 0.05) is 26.1 Å². The summed E-state index contributed by atoms with van der Waals surface area (Å²) in [6.07, 6.45) is 0. The van der Waals surface area contributed by atoms with Crippen LogP contribution in [0, 0.1) is 5.82 Å². The quantitative estimate of drug-likeness (QED) is 0.782. The maximum Gasteiger partial charge on any atom is 0.255 e. The third-order valence-electron chi connectivity index (χ3n) is 3.87. The summed E-state index contributed by atoms with van der Waals surface area (Å²) in [5, 5.41) is 2.59. The third-order valence-corrected chi connectivity index (χ3v) is 4.18. The van der Waals surface area contributed by atoms with Gasteiger partial charge >= 0.3 is 0 Å². The average Bonchev–Trinajstić information content (AvgIpc) is 2.64. The number of nitrogens with zero attached hydrogens (tertiary/aromatic N) is 1. The summed E-state index contributed by atoms with van der Waals surface area (Å²) in [4.78, 5) is 25.8. The molecule has 0 aromatic heterocycles. The number of carbonyl (C=O) groups excluding carboxylic acids is 2. The molecule has 0 aliphatic heterocycles. The zero-order valence-corrected chi connectivity index (χ0v) is 16.0. The molecule has 2 rings (SSSR count). The second-order valence-corrected chi connectivity index (χ2v) is 5.97. The summed E-state index contributed by atoms with van der Waals surface area (Å²) < 4.78 is 24.3. The van der Waals surface area contributed by atoms with E-state index in [1.54, 1.807) is 18.2 Å². The van der Waals surface area contributed by atoms with Gasteiger partial charge in [-0.25, -0.2) is 4.39 Å². The van der Waals surface area contributed by atoms with Crippen molar-refractivity contribution in [2.45, 2.75) is 6.92 Å². The van der Waals surface area contributed by atoms with Crippen molar-refractivity contribution in [3.63, 3.8) is 0 Å². The Balaban J connectivity index is 2.14. The Morgan fingerprint density at radius 2 is 1.93 bits per heavy atom. The molecular formula is C19H20ClFN2O4. The van der Waals surface area contributed by atoms with Crippen LogP contribution in [0.5, 0.6) is 11.5 Å². The maximum absolute atomic E-state index is 13.8. The van der Waals surface area contributed by atoms with Gasteiger partial charge in [-0.05, 0) is 24.3 Å². The lowest BCUT2D eigenvalue weighted by Gasteiger charge is -2.24. The van der Waals surface area contributed by atoms with Crippen LogP contribution >= 0.6 is 11.6 Å². The SMILES string of the molecule is COc1ccc(OC)c(N(CCNC(=O)c2c(F)cccc2Cl)C(C)=O)c1. The van der Waals surface area contributed by atoms with E-state index in [1.165, 1.54) is 38.2 Å². The fraction of sp³-hybridized carbons (Fsp3) is 0.263. The summed E-state index contributed by atoms with van der Waals surface area (Å²) >= 11 is 5.89. The van der Waals surface area contributed by atoms with Gasteiger partial charge in [-0.15, -0.1) is 0 Å². The smallest absolute Gasteiger partial charge is 0.255 e. The molecule has 0 unspecified atom stereocenters. The van der Waals surface area contributed by atoms with Crippen LogP contribution in [0.2, 0.25) is 5.02 Å². The Bertz CT molecular complexity index is 824. The fourth-order valence-corrected chi connectivity index (χ4v) is 2.79. The molecule has 0 fully saturated rings. The van der Waals surface area contributed by atoms with E-state index in [1.807, 2.05) is 0 Å². The highest BCUT2D eigenvalue weighted by molar-refractivity contribution is 6.33. The monoisotopic (exact) mass is 394 g/mol. The number of rotatable bonds is 7. The first kappa shape index (κ1) is 20.5. The molecule has 0 aliphatic carbocycles. The van der Waals surface area contributed by atoms with Crippen LogP contribution < -0.4 is 19.7 Å². The molecule has 0 saturated heterocycles. The van der Waals surface area contributed by atoms with Gasteiger partial charge in [0.25, 0.3) is 5.91 Å². The number of anilines is 1. The highest BCUT2D eigenvalue weighted by atomic mass is 35.5. The van der Waals surface area contributed by atoms with Crippen molar-refractivity contribution in [2.75, 3.05) is 32.2 Å². The minimum absolute atomic E-state index is 0.0189. The van der Waals surface area contributed by atoms with Crippen LogP contribution in [0.25, 0.3) is 0 Å². The molecule has 0 saturated carbocycles. The third kappa shape index (κ3) is 4.89. The molecule has 2 aromatic rings. The molecule has 0 bridgehead atoms. The number of methoxy groups -OCH3 is 2. The standard InChI is InChI=1S/C19H20ClFN2O4/c1-12(24)23(16-11-13(26-2)7-8-17(16)27-3)10-9-22-19(25)18-14(20)5-4-6-15(18)21/h4-8,11H,9-10H2,1-3H3,(H,22,25). The Hall–Kier alpha value is -2.80. The van der Waals surface area contributed by atoms with Gasteiger partial charge in [0.15, 0.2) is 0 Å². The van der Waals surface area contributed by atoms with E-state index in [2.05, 4.69) is 5.32 Å². The van der Waals surface area contributed by atoms with E-state index >= 15 is 0 Å². The molecule has 2 aromatic carbocycles. The minimum atomic E-state index is -0.710. The highest BCUT2D eigenvalue weighted by Gasteiger charge is 2.19. The number of carbonyl (C=O) groups is 2. The number of amides is 2. The van der Waals surface area contributed by atoms with Crippen molar-refractivity contribution in [2.24, 2.45) is 0 Å². The molecule has 144 valence electrons. The Morgan fingerprint density at radius 3 is 2.52 bits per heavy atom. The normalized spacial score (nSPS) is 10.3. The Kier molecular flexibility index (Phi) is 7.01. The van der Waals surface area contributed by atoms with Gasteiger partial charge in [0.05, 0.1) is 30.5 Å². The van der Waals surface area contributed by atoms with E-state index in [-0.39, 0.29) is 29.6 Å². The van der Waals surface area contributed by atoms with Gasteiger partial charge in [-0.1, -0.05) is 17.7 Å². The number of ether oxygens (including phenoxy) is 2. The van der Waals surface area contributed by atoms with Crippen LogP contribution in [0.3, 0.4) is 0 Å². The van der Waals surface area contributed by atoms with Crippen molar-refractivity contribution in [3.05, 3.63) is 52.8 Å². The lowest BCUT2D eigenvalue weighted by atomic mass is 10.2. The van der Waals surface area contributed by atoms with E-state index in [0.29, 0.717) is 17.2 Å². The van der Waals surface area contributed by atoms with Crippen molar-refractivity contribution in [1.82, 2.24) is 5.32 Å². The molecule has 0 aliphatic rings. The molecule has 0 spiro atoms. The predicted molar refractivity (Wildman–Crippen MR) is 101 cm³/mol. The molecule has 8 heteroatoms. The lowest BCUT2D eigenvalue weighted by molar-refractivity contribution is -0.116. The molecule has 0 radical (unpaired) electrons. The van der Waals surface area contributed by atoms with Crippen molar-refractivity contribution in [1.29, 1.82) is 0 Å². The van der Waals surface area contributed by atoms with Gasteiger partial charge in [-0.3, -0.25) is 9.59 Å². The predicted octanol–water partition coefficient (Wildman–Crippen LogP) is 3.28. The van der Waals surface area contributed by atoms with Crippen molar-refractivity contribution < 1.29 is 23.5 Å². The Morgan fingerprint density at radius 1 is 1.19 bits per heavy atom. The number of benzene rings is 2. The first-order chi connectivity index (χ1) is 12.9. The first-order valence-corrected chi connectivity index (χ1v) is 8.49. The first-order valence-electron chi connectivity index (χ1n) is 8.11. The van der Waals surface area contributed by atoms with Gasteiger partial charge in [0.2, 0.25) is 5.91 Å². The summed E-state index contributed by atoms with van der Waals surface area (Å²) in [7, 11) is 3.01. The number of nitrogens with one attached hydrogen (secondary N) is 1. The second-order valence-electron chi connectivity index (χ2n) is 5.56. The van der Waals surface area contributed by atoms with Crippen LogP contribution in [-0.2, 0) is 4.79 Å². The molecule has 6 nitrogen and oxygen atoms in total. The molecule has 1 N–H and O–H groups in total. The topological polar surface area (TPSA) is 67.9 Å². The van der Waals surface area contributed by atoms with Crippen LogP contribution in [0.1, 0.15) is 17.3 Å². The molecule has 2 amide bonds. The van der Waals surface area contributed by atoms with Crippen molar-refractivity contribution >= 4 is 29.1 Å². The van der Waals surface area contributed by atoms with Gasteiger partial charge in [0.1, 0.15) is 17.3 Å². The molecule has 0 heterocycles. The maximum atomic E-state index is 13.8. The van der Waals surface area contributed by atoms with E-state index < -0.39 is 11.7 Å². The highest BCUT2D eigenvalue weighted by Crippen LogP contribution is 2.32. The summed E-state index contributed by atoms with van der Waals surface area (Å²) in [5.41, 5.74) is 0.273. The summed E-state index contributed by atoms with van der Waals surface area (Å²) in [6, 6.07) is 9.06. The zero-order chi connectivity index (χ0) is 20.0. The summed E-state index contributed by atoms with van der Waals surface area (Å²) in [5.74, 6) is -0.578. The average molecular weight is 395 g/mol. The van der Waals surface area contributed by atoms with E-state index in [4.69, 9.17) is 21.1 Å². The molecule has 27 heavy (non-hydrogen) atoms. The minimum Gasteiger partial charge on any atom is -0.497 e. The zero-order valence-electron chi connectivity index (χ0n) is 15.2. The second kappa shape index (κ2) is 9.23. The number of hydrogen-bond acceptors (Lipinski definition) is 4. The largest absolute Gasteiger partial charge is 0.497 e. The number of hydrogen-bond donors (Lipinski definition) is 1. The molecular weight excluding hydrogens is 375 g/mol. The Labute approximate surface area is 161 Å². The van der Waals surface area contributed by atoms with Gasteiger partial charge in [-0.2, -0.15) is 0 Å². The molecule has 0 atom stereocenters. The van der Waals surface area contributed by atoms with E-state index in [9.17, 15) is 14.0 Å². The fourth-order valence-electron chi connectivity index (χ4n) is 2.54. The van der Waals surface area contributed by atoms with Crippen LogP contribution in [0.15, 0.2) is 36.4 Å². The summed E-state index contributed by atoms with van der Waals surface area (Å²) in [6.45, 7) is 1.63. The van der Waals surface area contributed by atoms with E-state index in [0.717, 1.165) is 6.07 Å². The van der Waals surface area contributed by atoms with Gasteiger partial charge < -0.3 is 19.7 Å². The van der Waals surface area contributed by atoms with Crippen LogP contribution in [0.4, 0.5) is 10.1 Å².